The molecule has 33 heavy (non-hydrogen) atoms. The number of ether oxygens (including phenoxy) is 1. The predicted molar refractivity (Wildman–Crippen MR) is 126 cm³/mol. The molecule has 2 aromatic carbocycles. The fraction of sp³-hybridized carbons (Fsp3) is 0.440. The monoisotopic (exact) mass is 453 g/mol. The van der Waals surface area contributed by atoms with E-state index in [4.69, 9.17) is 4.74 Å². The van der Waals surface area contributed by atoms with E-state index in [-0.39, 0.29) is 12.1 Å². The first-order valence-corrected chi connectivity index (χ1v) is 11.2. The Labute approximate surface area is 193 Å². The van der Waals surface area contributed by atoms with Crippen LogP contribution in [0.5, 0.6) is 0 Å². The minimum atomic E-state index is -1.37. The second-order valence-electron chi connectivity index (χ2n) is 8.19. The zero-order valence-electron chi connectivity index (χ0n) is 19.1. The van der Waals surface area contributed by atoms with Crippen molar-refractivity contribution in [3.63, 3.8) is 0 Å². The summed E-state index contributed by atoms with van der Waals surface area (Å²) in [6, 6.07) is 13.8. The molecule has 1 saturated heterocycles. The molecule has 0 aromatic heterocycles. The standard InChI is InChI=1S/C25H31N3O5/c1-4-28(5-2)20-9-8-17-10-16(6-7-18(17)12-20)11-19(13-26)25(32)27-14-21-23(30)24(31)22(29)15(3)33-21/h6-12,15,21-24,29-31H,4-5,14H2,1-3H3,(H,27,32)/b19-11+/t15?,21-,22+,23-,24-/m1/s1. The van der Waals surface area contributed by atoms with E-state index in [1.165, 1.54) is 6.08 Å². The summed E-state index contributed by atoms with van der Waals surface area (Å²) in [6.45, 7) is 7.53. The molecule has 4 N–H and O–H groups in total. The van der Waals surface area contributed by atoms with Gasteiger partial charge >= 0.3 is 0 Å². The van der Waals surface area contributed by atoms with E-state index >= 15 is 0 Å². The van der Waals surface area contributed by atoms with Crippen molar-refractivity contribution >= 4 is 28.4 Å². The average Bonchev–Trinajstić information content (AvgIpc) is 2.83. The topological polar surface area (TPSA) is 126 Å². The maximum Gasteiger partial charge on any atom is 0.262 e. The molecule has 0 aliphatic carbocycles. The Morgan fingerprint density at radius 2 is 1.76 bits per heavy atom. The molecule has 0 saturated carbocycles. The van der Waals surface area contributed by atoms with Crippen LogP contribution in [0.4, 0.5) is 5.69 Å². The number of amides is 1. The van der Waals surface area contributed by atoms with Crippen LogP contribution >= 0.6 is 0 Å². The minimum Gasteiger partial charge on any atom is -0.388 e. The van der Waals surface area contributed by atoms with Gasteiger partial charge in [-0.2, -0.15) is 5.26 Å². The molecule has 8 heteroatoms. The van der Waals surface area contributed by atoms with Gasteiger partial charge in [-0.25, -0.2) is 0 Å². The summed E-state index contributed by atoms with van der Waals surface area (Å²) in [6.07, 6.45) is -4.03. The first-order valence-electron chi connectivity index (χ1n) is 11.2. The summed E-state index contributed by atoms with van der Waals surface area (Å²) in [5.74, 6) is -0.612. The third-order valence-electron chi connectivity index (χ3n) is 6.07. The van der Waals surface area contributed by atoms with E-state index in [9.17, 15) is 25.4 Å². The van der Waals surface area contributed by atoms with Crippen molar-refractivity contribution in [1.29, 1.82) is 5.26 Å². The van der Waals surface area contributed by atoms with Crippen molar-refractivity contribution in [1.82, 2.24) is 5.32 Å². The van der Waals surface area contributed by atoms with Gasteiger partial charge in [0.15, 0.2) is 0 Å². The molecule has 3 rings (SSSR count). The van der Waals surface area contributed by atoms with Crippen molar-refractivity contribution in [3.05, 3.63) is 47.5 Å². The Balaban J connectivity index is 1.72. The smallest absolute Gasteiger partial charge is 0.262 e. The highest BCUT2D eigenvalue weighted by molar-refractivity contribution is 6.02. The van der Waals surface area contributed by atoms with Gasteiger partial charge in [0, 0.05) is 25.3 Å². The van der Waals surface area contributed by atoms with Gasteiger partial charge in [0.2, 0.25) is 0 Å². The lowest BCUT2D eigenvalue weighted by atomic mass is 9.95. The molecule has 8 nitrogen and oxygen atoms in total. The van der Waals surface area contributed by atoms with Crippen molar-refractivity contribution in [2.24, 2.45) is 0 Å². The average molecular weight is 454 g/mol. The number of nitriles is 1. The molecular formula is C25H31N3O5. The number of nitrogens with zero attached hydrogens (tertiary/aromatic N) is 2. The quantitative estimate of drug-likeness (QED) is 0.370. The molecule has 1 heterocycles. The maximum atomic E-state index is 12.5. The van der Waals surface area contributed by atoms with Gasteiger partial charge in [0.1, 0.15) is 36.1 Å². The molecule has 2 aromatic rings. The maximum absolute atomic E-state index is 12.5. The molecule has 0 radical (unpaired) electrons. The van der Waals surface area contributed by atoms with Crippen molar-refractivity contribution in [2.45, 2.75) is 51.3 Å². The minimum absolute atomic E-state index is 0.0898. The number of aliphatic hydroxyl groups is 3. The second kappa shape index (κ2) is 10.8. The molecule has 1 fully saturated rings. The molecule has 1 unspecified atom stereocenters. The van der Waals surface area contributed by atoms with Crippen molar-refractivity contribution in [2.75, 3.05) is 24.5 Å². The molecule has 1 aliphatic heterocycles. The number of hydrogen-bond acceptors (Lipinski definition) is 7. The van der Waals surface area contributed by atoms with E-state index < -0.39 is 36.4 Å². The number of fused-ring (bicyclic) bond motifs is 1. The molecule has 176 valence electrons. The Hall–Kier alpha value is -2.96. The van der Waals surface area contributed by atoms with Crippen LogP contribution in [0.15, 0.2) is 42.0 Å². The Morgan fingerprint density at radius 3 is 2.42 bits per heavy atom. The van der Waals surface area contributed by atoms with Gasteiger partial charge < -0.3 is 30.3 Å². The second-order valence-corrected chi connectivity index (χ2v) is 8.19. The van der Waals surface area contributed by atoms with Crippen LogP contribution < -0.4 is 10.2 Å². The number of aliphatic hydroxyl groups excluding tert-OH is 3. The fourth-order valence-electron chi connectivity index (χ4n) is 4.04. The fourth-order valence-corrected chi connectivity index (χ4v) is 4.04. The zero-order chi connectivity index (χ0) is 24.1. The van der Waals surface area contributed by atoms with Crippen molar-refractivity contribution in [3.8, 4) is 6.07 Å². The third-order valence-corrected chi connectivity index (χ3v) is 6.07. The van der Waals surface area contributed by atoms with Crippen LogP contribution in [-0.2, 0) is 9.53 Å². The largest absolute Gasteiger partial charge is 0.388 e. The van der Waals surface area contributed by atoms with E-state index in [1.54, 1.807) is 6.92 Å². The van der Waals surface area contributed by atoms with Gasteiger partial charge in [0.05, 0.1) is 6.10 Å². The first kappa shape index (κ1) is 24.7. The SMILES string of the molecule is CCN(CC)c1ccc2cc(/C=C(\C#N)C(=O)NC[C@H]3OC(C)[C@H](O)[C@@H](O)[C@@H]3O)ccc2c1. The highest BCUT2D eigenvalue weighted by Crippen LogP contribution is 2.24. The highest BCUT2D eigenvalue weighted by atomic mass is 16.5. The first-order chi connectivity index (χ1) is 15.8. The van der Waals surface area contributed by atoms with E-state index in [0.29, 0.717) is 5.56 Å². The molecule has 0 spiro atoms. The van der Waals surface area contributed by atoms with Crippen LogP contribution in [0.25, 0.3) is 16.8 Å². The summed E-state index contributed by atoms with van der Waals surface area (Å²) in [5, 5.41) is 43.9. The normalized spacial score (nSPS) is 25.5. The van der Waals surface area contributed by atoms with E-state index in [0.717, 1.165) is 29.5 Å². The lowest BCUT2D eigenvalue weighted by Gasteiger charge is -2.39. The summed E-state index contributed by atoms with van der Waals surface area (Å²) in [5.41, 5.74) is 1.77. The Kier molecular flexibility index (Phi) is 8.06. The number of nitrogens with one attached hydrogen (secondary N) is 1. The predicted octanol–water partition coefficient (Wildman–Crippen LogP) is 1.58. The van der Waals surface area contributed by atoms with Gasteiger partial charge in [-0.3, -0.25) is 4.79 Å². The number of anilines is 1. The molecule has 0 bridgehead atoms. The van der Waals surface area contributed by atoms with Gasteiger partial charge in [-0.05, 0) is 61.4 Å². The molecule has 1 amide bonds. The van der Waals surface area contributed by atoms with E-state index in [2.05, 4.69) is 36.2 Å². The van der Waals surface area contributed by atoms with Crippen molar-refractivity contribution < 1.29 is 24.9 Å². The molecular weight excluding hydrogens is 422 g/mol. The highest BCUT2D eigenvalue weighted by Gasteiger charge is 2.41. The summed E-state index contributed by atoms with van der Waals surface area (Å²) in [7, 11) is 0. The van der Waals surface area contributed by atoms with Crippen LogP contribution in [0.1, 0.15) is 26.3 Å². The number of carbonyl (C=O) groups excluding carboxylic acids is 1. The number of carbonyl (C=O) groups is 1. The van der Waals surface area contributed by atoms with Gasteiger partial charge in [0.25, 0.3) is 5.91 Å². The van der Waals surface area contributed by atoms with Crippen LogP contribution in [-0.4, -0.2) is 71.4 Å². The van der Waals surface area contributed by atoms with E-state index in [1.807, 2.05) is 30.3 Å². The lowest BCUT2D eigenvalue weighted by molar-refractivity contribution is -0.215. The molecule has 5 atom stereocenters. The Bertz CT molecular complexity index is 1060. The summed E-state index contributed by atoms with van der Waals surface area (Å²) >= 11 is 0. The summed E-state index contributed by atoms with van der Waals surface area (Å²) in [4.78, 5) is 14.8. The number of hydrogen-bond donors (Lipinski definition) is 4. The van der Waals surface area contributed by atoms with Gasteiger partial charge in [-0.1, -0.05) is 18.2 Å². The lowest BCUT2D eigenvalue weighted by Crippen LogP contribution is -2.59. The molecule has 1 aliphatic rings. The van der Waals surface area contributed by atoms with Crippen LogP contribution in [0.2, 0.25) is 0 Å². The number of benzene rings is 2. The Morgan fingerprint density at radius 1 is 1.09 bits per heavy atom. The number of rotatable bonds is 7. The van der Waals surface area contributed by atoms with Crippen LogP contribution in [0.3, 0.4) is 0 Å². The third kappa shape index (κ3) is 5.52. The summed E-state index contributed by atoms with van der Waals surface area (Å²) < 4.78 is 5.47. The van der Waals surface area contributed by atoms with Gasteiger partial charge in [-0.15, -0.1) is 0 Å². The van der Waals surface area contributed by atoms with Crippen LogP contribution in [0, 0.1) is 11.3 Å². The zero-order valence-corrected chi connectivity index (χ0v) is 19.1.